The van der Waals surface area contributed by atoms with Gasteiger partial charge in [-0.05, 0) is 44.9 Å². The van der Waals surface area contributed by atoms with Gasteiger partial charge in [-0.1, -0.05) is 147 Å². The van der Waals surface area contributed by atoms with Crippen LogP contribution in [0.4, 0.5) is 0 Å². The number of hydrogen-bond donors (Lipinski definition) is 4. The van der Waals surface area contributed by atoms with Crippen LogP contribution in [-0.4, -0.2) is 71.0 Å². The number of unbranched alkanes of at least 4 members (excludes halogenated alkanes) is 17. The van der Waals surface area contributed by atoms with Crippen LogP contribution in [0, 0.1) is 0 Å². The number of ether oxygens (including phenoxy) is 2. The quantitative estimate of drug-likeness (QED) is 0.0307. The van der Waals surface area contributed by atoms with Gasteiger partial charge >= 0.3 is 11.9 Å². The Morgan fingerprint density at radius 3 is 1.25 bits per heavy atom. The van der Waals surface area contributed by atoms with Crippen molar-refractivity contribution in [2.45, 2.75) is 180 Å². The second-order valence-corrected chi connectivity index (χ2v) is 12.6. The fourth-order valence-electron chi connectivity index (χ4n) is 4.80. The third-order valence-corrected chi connectivity index (χ3v) is 7.81. The van der Waals surface area contributed by atoms with Crippen molar-refractivity contribution in [2.24, 2.45) is 0 Å². The van der Waals surface area contributed by atoms with Crippen LogP contribution in [0.2, 0.25) is 0 Å². The summed E-state index contributed by atoms with van der Waals surface area (Å²) < 4.78 is 9.70. The molecule has 0 saturated carbocycles. The molecule has 4 N–H and O–H groups in total. The van der Waals surface area contributed by atoms with Gasteiger partial charge in [-0.2, -0.15) is 0 Å². The lowest BCUT2D eigenvalue weighted by atomic mass is 10.0. The van der Waals surface area contributed by atoms with E-state index in [-0.39, 0.29) is 38.4 Å². The zero-order valence-corrected chi connectivity index (χ0v) is 30.8. The summed E-state index contributed by atoms with van der Waals surface area (Å²) in [5.74, 6) is -0.575. The molecule has 8 nitrogen and oxygen atoms in total. The van der Waals surface area contributed by atoms with Crippen molar-refractivity contribution in [1.82, 2.24) is 0 Å². The molecule has 0 aromatic heterocycles. The fraction of sp³-hybridized carbons (Fsp3) is 0.800. The molecule has 0 amide bonds. The van der Waals surface area contributed by atoms with Crippen molar-refractivity contribution < 1.29 is 39.5 Å². The van der Waals surface area contributed by atoms with Crippen molar-refractivity contribution in [2.75, 3.05) is 26.4 Å². The summed E-state index contributed by atoms with van der Waals surface area (Å²) >= 11 is 0. The minimum absolute atomic E-state index is 0.103. The van der Waals surface area contributed by atoms with Gasteiger partial charge in [0.15, 0.2) is 0 Å². The molecule has 0 aliphatic heterocycles. The topological polar surface area (TPSA) is 134 Å². The molecule has 8 heteroatoms. The second kappa shape index (κ2) is 41.2. The van der Waals surface area contributed by atoms with E-state index in [9.17, 15) is 9.59 Å². The molecule has 0 spiro atoms. The summed E-state index contributed by atoms with van der Waals surface area (Å²) in [5, 5.41) is 35.4. The highest BCUT2D eigenvalue weighted by molar-refractivity contribution is 5.69. The molecule has 0 saturated heterocycles. The predicted octanol–water partition coefficient (Wildman–Crippen LogP) is 8.84. The lowest BCUT2D eigenvalue weighted by Crippen LogP contribution is -2.21. The third kappa shape index (κ3) is 42.0. The number of aliphatic hydroxyl groups is 4. The average molecular weight is 683 g/mol. The van der Waals surface area contributed by atoms with Gasteiger partial charge in [-0.15, -0.1) is 0 Å². The summed E-state index contributed by atoms with van der Waals surface area (Å²) in [4.78, 5) is 22.7. The molecule has 0 aliphatic carbocycles. The van der Waals surface area contributed by atoms with Crippen LogP contribution in [0.25, 0.3) is 0 Å². The van der Waals surface area contributed by atoms with Crippen LogP contribution in [-0.2, 0) is 19.1 Å². The summed E-state index contributed by atoms with van der Waals surface area (Å²) in [6, 6.07) is 0. The number of hydrogen-bond acceptors (Lipinski definition) is 8. The molecule has 0 bridgehead atoms. The van der Waals surface area contributed by atoms with Crippen LogP contribution >= 0.6 is 0 Å². The molecule has 0 aromatic rings. The van der Waals surface area contributed by atoms with Gasteiger partial charge in [-0.3, -0.25) is 9.59 Å². The third-order valence-electron chi connectivity index (χ3n) is 7.81. The van der Waals surface area contributed by atoms with Gasteiger partial charge < -0.3 is 29.9 Å². The number of carbonyl (C=O) groups excluding carboxylic acids is 2. The molecular weight excluding hydrogens is 608 g/mol. The van der Waals surface area contributed by atoms with Gasteiger partial charge in [0.05, 0.1) is 13.2 Å². The average Bonchev–Trinajstić information content (AvgIpc) is 3.10. The van der Waals surface area contributed by atoms with Gasteiger partial charge in [0, 0.05) is 12.8 Å². The lowest BCUT2D eigenvalue weighted by molar-refractivity contribution is -0.148. The van der Waals surface area contributed by atoms with Gasteiger partial charge in [0.2, 0.25) is 0 Å². The van der Waals surface area contributed by atoms with E-state index in [1.54, 1.807) is 0 Å². The number of aliphatic hydroxyl groups excluding tert-OH is 4. The van der Waals surface area contributed by atoms with E-state index < -0.39 is 12.2 Å². The zero-order valence-electron chi connectivity index (χ0n) is 30.8. The van der Waals surface area contributed by atoms with E-state index >= 15 is 0 Å². The molecule has 2 atom stereocenters. The highest BCUT2D eigenvalue weighted by Crippen LogP contribution is 2.13. The predicted molar refractivity (Wildman–Crippen MR) is 198 cm³/mol. The van der Waals surface area contributed by atoms with Crippen molar-refractivity contribution in [1.29, 1.82) is 0 Å². The highest BCUT2D eigenvalue weighted by atomic mass is 16.5. The first-order valence-electron chi connectivity index (χ1n) is 19.2. The highest BCUT2D eigenvalue weighted by Gasteiger charge is 2.08. The minimum Gasteiger partial charge on any atom is -0.463 e. The van der Waals surface area contributed by atoms with E-state index in [4.69, 9.17) is 29.9 Å². The fourth-order valence-corrected chi connectivity index (χ4v) is 4.80. The Morgan fingerprint density at radius 1 is 0.500 bits per heavy atom. The van der Waals surface area contributed by atoms with E-state index in [1.807, 2.05) is 0 Å². The Labute approximate surface area is 294 Å². The Kier molecular flexibility index (Phi) is 41.3. The Balaban J connectivity index is 0. The maximum absolute atomic E-state index is 11.4. The van der Waals surface area contributed by atoms with Crippen LogP contribution in [0.1, 0.15) is 168 Å². The molecule has 0 aliphatic rings. The van der Waals surface area contributed by atoms with Gasteiger partial charge in [0.1, 0.15) is 25.4 Å². The lowest BCUT2D eigenvalue weighted by Gasteiger charge is -2.08. The van der Waals surface area contributed by atoms with Gasteiger partial charge in [0.25, 0.3) is 0 Å². The first kappa shape index (κ1) is 48.1. The molecule has 2 unspecified atom stereocenters. The number of esters is 2. The molecule has 282 valence electrons. The van der Waals surface area contributed by atoms with Crippen LogP contribution in [0.5, 0.6) is 0 Å². The molecule has 0 radical (unpaired) electrons. The Morgan fingerprint density at radius 2 is 0.854 bits per heavy atom. The summed E-state index contributed by atoms with van der Waals surface area (Å²) in [6.45, 7) is 3.43. The molecule has 0 fully saturated rings. The zero-order chi connectivity index (χ0) is 35.8. The van der Waals surface area contributed by atoms with Crippen molar-refractivity contribution in [3.05, 3.63) is 36.5 Å². The SMILES string of the molecule is CC/C=C\C/C=C\C/C=C\CCCCCCCC(=O)OCC(O)CO.CCCCCCCCCCCCCCCC(=O)OCC(O)CO. The first-order chi connectivity index (χ1) is 23.4. The molecule has 0 aromatic carbocycles. The largest absolute Gasteiger partial charge is 0.463 e. The Hall–Kier alpha value is -2.00. The molecule has 48 heavy (non-hydrogen) atoms. The monoisotopic (exact) mass is 683 g/mol. The smallest absolute Gasteiger partial charge is 0.305 e. The van der Waals surface area contributed by atoms with Crippen molar-refractivity contribution >= 4 is 11.9 Å². The minimum atomic E-state index is -0.967. The van der Waals surface area contributed by atoms with E-state index in [0.29, 0.717) is 12.8 Å². The van der Waals surface area contributed by atoms with Crippen LogP contribution in [0.15, 0.2) is 36.5 Å². The summed E-state index contributed by atoms with van der Waals surface area (Å²) in [5.41, 5.74) is 0. The van der Waals surface area contributed by atoms with E-state index in [0.717, 1.165) is 57.8 Å². The van der Waals surface area contributed by atoms with Crippen molar-refractivity contribution in [3.63, 3.8) is 0 Å². The molecule has 0 heterocycles. The summed E-state index contributed by atoms with van der Waals surface area (Å²) in [7, 11) is 0. The van der Waals surface area contributed by atoms with E-state index in [1.165, 1.54) is 83.5 Å². The Bertz CT molecular complexity index is 764. The van der Waals surface area contributed by atoms with Gasteiger partial charge in [-0.25, -0.2) is 0 Å². The number of rotatable bonds is 33. The number of carbonyl (C=O) groups is 2. The normalized spacial score (nSPS) is 12.8. The van der Waals surface area contributed by atoms with E-state index in [2.05, 4.69) is 50.3 Å². The van der Waals surface area contributed by atoms with Crippen LogP contribution in [0.3, 0.4) is 0 Å². The van der Waals surface area contributed by atoms with Crippen molar-refractivity contribution in [3.8, 4) is 0 Å². The number of allylic oxidation sites excluding steroid dienone is 6. The maximum atomic E-state index is 11.4. The summed E-state index contributed by atoms with van der Waals surface area (Å²) in [6.07, 6.45) is 38.4. The second-order valence-electron chi connectivity index (χ2n) is 12.6. The standard InChI is InChI=1S/C21H36O4.C19H38O4/c1-2-3-4-5-6-7-8-9-10-11-12-13-14-15-16-17-21(24)25-19-20(23)18-22;1-2-3-4-5-6-7-8-9-10-11-12-13-14-15-19(22)23-17-18(21)16-20/h3-4,6-7,9-10,20,22-23H,2,5,8,11-19H2,1H3;18,20-21H,2-17H2,1H3/b4-3-,7-6-,10-9-;. The molecular formula is C40H74O8. The molecule has 0 rings (SSSR count). The maximum Gasteiger partial charge on any atom is 0.305 e. The first-order valence-corrected chi connectivity index (χ1v) is 19.2. The van der Waals surface area contributed by atoms with Crippen LogP contribution < -0.4 is 0 Å².